The molecule has 2 aromatic carbocycles. The van der Waals surface area contributed by atoms with Crippen molar-refractivity contribution in [1.82, 2.24) is 8.61 Å². The van der Waals surface area contributed by atoms with Crippen LogP contribution in [-0.4, -0.2) is 58.5 Å². The highest BCUT2D eigenvalue weighted by Gasteiger charge is 2.32. The summed E-state index contributed by atoms with van der Waals surface area (Å²) in [5.74, 6) is -0.588. The van der Waals surface area contributed by atoms with Gasteiger partial charge in [0.25, 0.3) is 0 Å². The fourth-order valence-corrected chi connectivity index (χ4v) is 5.86. The van der Waals surface area contributed by atoms with E-state index in [0.29, 0.717) is 18.5 Å². The molecule has 1 aliphatic heterocycles. The molecule has 0 bridgehead atoms. The van der Waals surface area contributed by atoms with Crippen molar-refractivity contribution in [3.8, 4) is 0 Å². The fraction of sp³-hybridized carbons (Fsp3) is 0.381. The number of carbonyl (C=O) groups is 1. The number of benzene rings is 2. The first-order valence-corrected chi connectivity index (χ1v) is 12.8. The Bertz CT molecular complexity index is 1150. The normalized spacial score (nSPS) is 16.4. The number of anilines is 1. The Morgan fingerprint density at radius 1 is 0.968 bits per heavy atom. The minimum absolute atomic E-state index is 0.0992. The van der Waals surface area contributed by atoms with Crippen molar-refractivity contribution in [2.45, 2.75) is 29.6 Å². The zero-order valence-corrected chi connectivity index (χ0v) is 19.4. The van der Waals surface area contributed by atoms with Gasteiger partial charge in [0, 0.05) is 38.8 Å². The average molecular weight is 466 g/mol. The first-order chi connectivity index (χ1) is 14.5. The highest BCUT2D eigenvalue weighted by molar-refractivity contribution is 7.89. The molecule has 0 saturated carbocycles. The van der Waals surface area contributed by atoms with Gasteiger partial charge in [-0.05, 0) is 49.6 Å². The van der Waals surface area contributed by atoms with Gasteiger partial charge in [-0.3, -0.25) is 4.79 Å². The molecule has 1 fully saturated rings. The van der Waals surface area contributed by atoms with Crippen molar-refractivity contribution in [1.29, 1.82) is 0 Å². The molecule has 0 aromatic heterocycles. The largest absolute Gasteiger partial charge is 0.326 e. The number of nitrogens with zero attached hydrogens (tertiary/aromatic N) is 2. The number of hydrogen-bond donors (Lipinski definition) is 1. The van der Waals surface area contributed by atoms with E-state index in [1.54, 1.807) is 43.3 Å². The second-order valence-corrected chi connectivity index (χ2v) is 11.8. The Labute approximate surface area is 184 Å². The van der Waals surface area contributed by atoms with Crippen molar-refractivity contribution in [3.05, 3.63) is 54.1 Å². The van der Waals surface area contributed by atoms with Crippen LogP contribution in [0, 0.1) is 12.8 Å². The molecule has 1 aliphatic rings. The summed E-state index contributed by atoms with van der Waals surface area (Å²) in [7, 11) is -4.30. The van der Waals surface area contributed by atoms with E-state index in [-0.39, 0.29) is 34.7 Å². The minimum atomic E-state index is -3.62. The monoisotopic (exact) mass is 465 g/mol. The van der Waals surface area contributed by atoms with E-state index in [0.717, 1.165) is 9.87 Å². The number of piperidine rings is 1. The topological polar surface area (TPSA) is 104 Å². The number of hydrogen-bond acceptors (Lipinski definition) is 5. The molecule has 2 aromatic rings. The third kappa shape index (κ3) is 4.98. The lowest BCUT2D eigenvalue weighted by atomic mass is 9.97. The lowest BCUT2D eigenvalue weighted by Gasteiger charge is -2.30. The zero-order valence-electron chi connectivity index (χ0n) is 17.8. The lowest BCUT2D eigenvalue weighted by Crippen LogP contribution is -2.41. The molecule has 8 nitrogen and oxygen atoms in total. The summed E-state index contributed by atoms with van der Waals surface area (Å²) in [6, 6.07) is 12.9. The van der Waals surface area contributed by atoms with Gasteiger partial charge in [0.15, 0.2) is 0 Å². The van der Waals surface area contributed by atoms with Crippen LogP contribution in [0.2, 0.25) is 0 Å². The van der Waals surface area contributed by atoms with Crippen molar-refractivity contribution < 1.29 is 21.6 Å². The molecular weight excluding hydrogens is 438 g/mol. The summed E-state index contributed by atoms with van der Waals surface area (Å²) in [4.78, 5) is 13.1. The second-order valence-electron chi connectivity index (χ2n) is 7.74. The number of sulfonamides is 2. The van der Waals surface area contributed by atoms with Crippen LogP contribution in [0.3, 0.4) is 0 Å². The van der Waals surface area contributed by atoms with E-state index in [4.69, 9.17) is 0 Å². The third-order valence-electron chi connectivity index (χ3n) is 5.45. The van der Waals surface area contributed by atoms with E-state index in [1.165, 1.54) is 30.5 Å². The molecule has 3 rings (SSSR count). The smallest absolute Gasteiger partial charge is 0.243 e. The number of amides is 1. The Hall–Kier alpha value is -2.27. The maximum Gasteiger partial charge on any atom is 0.243 e. The van der Waals surface area contributed by atoms with Crippen molar-refractivity contribution in [2.75, 3.05) is 32.5 Å². The predicted molar refractivity (Wildman–Crippen MR) is 119 cm³/mol. The number of rotatable bonds is 6. The number of carbonyl (C=O) groups excluding carboxylic acids is 1. The van der Waals surface area contributed by atoms with Crippen LogP contribution < -0.4 is 5.32 Å². The lowest BCUT2D eigenvalue weighted by molar-refractivity contribution is -0.120. The van der Waals surface area contributed by atoms with E-state index in [2.05, 4.69) is 5.32 Å². The summed E-state index contributed by atoms with van der Waals surface area (Å²) in [5.41, 5.74) is 1.18. The van der Waals surface area contributed by atoms with Gasteiger partial charge in [0.05, 0.1) is 9.79 Å². The molecule has 0 aliphatic carbocycles. The molecule has 0 unspecified atom stereocenters. The molecule has 1 N–H and O–H groups in total. The molecule has 1 heterocycles. The quantitative estimate of drug-likeness (QED) is 0.705. The second kappa shape index (κ2) is 9.07. The summed E-state index contributed by atoms with van der Waals surface area (Å²) in [6.45, 7) is 2.30. The van der Waals surface area contributed by atoms with Gasteiger partial charge >= 0.3 is 0 Å². The van der Waals surface area contributed by atoms with Crippen molar-refractivity contribution in [2.24, 2.45) is 5.92 Å². The molecule has 1 amide bonds. The average Bonchev–Trinajstić information content (AvgIpc) is 2.75. The van der Waals surface area contributed by atoms with Gasteiger partial charge in [0.2, 0.25) is 26.0 Å². The zero-order chi connectivity index (χ0) is 22.8. The van der Waals surface area contributed by atoms with Crippen LogP contribution in [0.4, 0.5) is 5.69 Å². The summed E-state index contributed by atoms with van der Waals surface area (Å²) < 4.78 is 52.8. The van der Waals surface area contributed by atoms with E-state index in [1.807, 2.05) is 0 Å². The van der Waals surface area contributed by atoms with E-state index in [9.17, 15) is 21.6 Å². The molecule has 168 valence electrons. The van der Waals surface area contributed by atoms with Gasteiger partial charge in [-0.25, -0.2) is 21.1 Å². The predicted octanol–water partition coefficient (Wildman–Crippen LogP) is 2.28. The van der Waals surface area contributed by atoms with Crippen LogP contribution in [0.5, 0.6) is 0 Å². The molecule has 0 atom stereocenters. The molecule has 31 heavy (non-hydrogen) atoms. The highest BCUT2D eigenvalue weighted by atomic mass is 32.2. The third-order valence-corrected chi connectivity index (χ3v) is 9.18. The first kappa shape index (κ1) is 23.4. The van der Waals surface area contributed by atoms with Gasteiger partial charge in [-0.15, -0.1) is 0 Å². The Morgan fingerprint density at radius 2 is 1.58 bits per heavy atom. The maximum absolute atomic E-state index is 12.8. The van der Waals surface area contributed by atoms with E-state index >= 15 is 0 Å². The highest BCUT2D eigenvalue weighted by Crippen LogP contribution is 2.27. The standard InChI is InChI=1S/C21H27N3O5S2/c1-16-9-10-19(30(26,27)23(2)3)15-20(16)22-21(25)17-11-13-24(14-12-17)31(28,29)18-7-5-4-6-8-18/h4-10,15,17H,11-14H2,1-3H3,(H,22,25). The Balaban J connectivity index is 1.68. The van der Waals surface area contributed by atoms with Crippen LogP contribution in [0.15, 0.2) is 58.3 Å². The molecule has 1 saturated heterocycles. The Morgan fingerprint density at radius 3 is 2.16 bits per heavy atom. The van der Waals surface area contributed by atoms with Crippen LogP contribution >= 0.6 is 0 Å². The van der Waals surface area contributed by atoms with E-state index < -0.39 is 20.0 Å². The first-order valence-electron chi connectivity index (χ1n) is 9.92. The van der Waals surface area contributed by atoms with Gasteiger partial charge in [0.1, 0.15) is 0 Å². The molecule has 0 spiro atoms. The minimum Gasteiger partial charge on any atom is -0.326 e. The summed E-state index contributed by atoms with van der Waals surface area (Å²) in [6.07, 6.45) is 0.791. The number of aryl methyl sites for hydroxylation is 1. The van der Waals surface area contributed by atoms with Gasteiger partial charge in [-0.1, -0.05) is 24.3 Å². The SMILES string of the molecule is Cc1ccc(S(=O)(=O)N(C)C)cc1NC(=O)C1CCN(S(=O)(=O)c2ccccc2)CC1. The van der Waals surface area contributed by atoms with Gasteiger partial charge < -0.3 is 5.32 Å². The van der Waals surface area contributed by atoms with Crippen LogP contribution in [-0.2, 0) is 24.8 Å². The molecule has 0 radical (unpaired) electrons. The van der Waals surface area contributed by atoms with Crippen molar-refractivity contribution in [3.63, 3.8) is 0 Å². The van der Waals surface area contributed by atoms with Crippen LogP contribution in [0.1, 0.15) is 18.4 Å². The maximum atomic E-state index is 12.8. The summed E-state index contributed by atoms with van der Waals surface area (Å²) in [5, 5.41) is 2.83. The summed E-state index contributed by atoms with van der Waals surface area (Å²) >= 11 is 0. The Kier molecular flexibility index (Phi) is 6.85. The van der Waals surface area contributed by atoms with Gasteiger partial charge in [-0.2, -0.15) is 4.31 Å². The van der Waals surface area contributed by atoms with Crippen molar-refractivity contribution >= 4 is 31.6 Å². The number of nitrogens with one attached hydrogen (secondary N) is 1. The molecule has 10 heteroatoms. The molecular formula is C21H27N3O5S2. The fourth-order valence-electron chi connectivity index (χ4n) is 3.44. The van der Waals surface area contributed by atoms with Crippen LogP contribution in [0.25, 0.3) is 0 Å².